The Morgan fingerprint density at radius 2 is 2.03 bits per heavy atom. The number of ether oxygens (including phenoxy) is 1. The lowest BCUT2D eigenvalue weighted by Gasteiger charge is -2.24. The van der Waals surface area contributed by atoms with Crippen LogP contribution in [0.15, 0.2) is 59.6 Å². The van der Waals surface area contributed by atoms with Crippen LogP contribution in [0.4, 0.5) is 5.69 Å². The molecule has 1 N–H and O–H groups in total. The van der Waals surface area contributed by atoms with Gasteiger partial charge in [-0.2, -0.15) is 0 Å². The Morgan fingerprint density at radius 3 is 2.79 bits per heavy atom. The van der Waals surface area contributed by atoms with Crippen molar-refractivity contribution in [2.75, 3.05) is 25.2 Å². The molecule has 0 spiro atoms. The van der Waals surface area contributed by atoms with E-state index in [2.05, 4.69) is 39.6 Å². The number of methoxy groups -OCH3 is 1. The molecule has 1 fully saturated rings. The Morgan fingerprint density at radius 1 is 1.21 bits per heavy atom. The van der Waals surface area contributed by atoms with Gasteiger partial charge in [0.15, 0.2) is 5.69 Å². The van der Waals surface area contributed by atoms with Crippen molar-refractivity contribution < 1.29 is 14.3 Å². The zero-order chi connectivity index (χ0) is 23.4. The number of carbonyl (C=O) groups is 2. The minimum atomic E-state index is -0.529. The first-order valence-electron chi connectivity index (χ1n) is 10.7. The van der Waals surface area contributed by atoms with Gasteiger partial charge >= 0.3 is 5.97 Å². The van der Waals surface area contributed by atoms with Gasteiger partial charge < -0.3 is 10.1 Å². The zero-order valence-electron chi connectivity index (χ0n) is 18.9. The van der Waals surface area contributed by atoms with Crippen LogP contribution in [0, 0.1) is 6.92 Å². The number of thioether (sulfide) groups is 1. The van der Waals surface area contributed by atoms with Crippen LogP contribution in [0.5, 0.6) is 0 Å². The van der Waals surface area contributed by atoms with E-state index < -0.39 is 5.97 Å². The van der Waals surface area contributed by atoms with Crippen LogP contribution >= 0.6 is 11.8 Å². The van der Waals surface area contributed by atoms with Gasteiger partial charge in [0, 0.05) is 23.7 Å². The first-order valence-corrected chi connectivity index (χ1v) is 11.9. The van der Waals surface area contributed by atoms with E-state index in [1.807, 2.05) is 42.7 Å². The van der Waals surface area contributed by atoms with Gasteiger partial charge in [-0.25, -0.2) is 9.48 Å². The van der Waals surface area contributed by atoms with Crippen LogP contribution in [0.3, 0.4) is 0 Å². The molecular formula is C24H27N5O3S. The van der Waals surface area contributed by atoms with Gasteiger partial charge in [-0.3, -0.25) is 9.69 Å². The number of nitrogens with zero attached hydrogens (tertiary/aromatic N) is 4. The van der Waals surface area contributed by atoms with Crippen molar-refractivity contribution in [3.05, 3.63) is 71.5 Å². The molecule has 0 radical (unpaired) electrons. The fraction of sp³-hybridized carbons (Fsp3) is 0.333. The molecule has 172 valence electrons. The molecular weight excluding hydrogens is 438 g/mol. The van der Waals surface area contributed by atoms with Crippen LogP contribution in [-0.2, 0) is 16.1 Å². The summed E-state index contributed by atoms with van der Waals surface area (Å²) in [5, 5.41) is 11.1. The molecule has 1 amide bonds. The maximum absolute atomic E-state index is 13.4. The number of aromatic nitrogens is 3. The molecule has 0 unspecified atom stereocenters. The fourth-order valence-corrected chi connectivity index (χ4v) is 4.56. The maximum atomic E-state index is 13.4. The molecule has 1 saturated heterocycles. The summed E-state index contributed by atoms with van der Waals surface area (Å²) in [7, 11) is 1.31. The maximum Gasteiger partial charge on any atom is 0.360 e. The molecule has 3 aromatic rings. The third kappa shape index (κ3) is 5.26. The predicted molar refractivity (Wildman–Crippen MR) is 127 cm³/mol. The van der Waals surface area contributed by atoms with Crippen molar-refractivity contribution in [3.8, 4) is 0 Å². The predicted octanol–water partition coefficient (Wildman–Crippen LogP) is 3.55. The number of esters is 1. The summed E-state index contributed by atoms with van der Waals surface area (Å²) < 4.78 is 6.40. The van der Waals surface area contributed by atoms with E-state index in [4.69, 9.17) is 4.74 Å². The van der Waals surface area contributed by atoms with Crippen molar-refractivity contribution >= 4 is 29.3 Å². The number of benzene rings is 2. The summed E-state index contributed by atoms with van der Waals surface area (Å²) in [5.41, 5.74) is 3.29. The van der Waals surface area contributed by atoms with E-state index >= 15 is 0 Å². The summed E-state index contributed by atoms with van der Waals surface area (Å²) in [4.78, 5) is 28.4. The Balaban J connectivity index is 1.57. The highest BCUT2D eigenvalue weighted by Crippen LogP contribution is 2.30. The number of likely N-dealkylation sites (tertiary alicyclic amines) is 1. The molecule has 0 bridgehead atoms. The lowest BCUT2D eigenvalue weighted by Crippen LogP contribution is -2.39. The van der Waals surface area contributed by atoms with Crippen LogP contribution < -0.4 is 5.32 Å². The second kappa shape index (κ2) is 10.2. The average Bonchev–Trinajstić information content (AvgIpc) is 3.48. The molecule has 2 heterocycles. The Labute approximate surface area is 197 Å². The van der Waals surface area contributed by atoms with E-state index in [1.165, 1.54) is 18.2 Å². The first kappa shape index (κ1) is 23.0. The van der Waals surface area contributed by atoms with E-state index in [0.717, 1.165) is 10.6 Å². The SMILES string of the molecule is COC(=O)c1cn([C@@H]2C[C@@H](C(=O)Nc3cccc(SC)c3)N(Cc3ccccc3C)C2)nn1. The highest BCUT2D eigenvalue weighted by molar-refractivity contribution is 7.98. The normalized spacial score (nSPS) is 18.3. The van der Waals surface area contributed by atoms with Gasteiger partial charge in [-0.1, -0.05) is 35.5 Å². The molecule has 0 aliphatic carbocycles. The molecule has 9 heteroatoms. The minimum absolute atomic E-state index is 0.0577. The molecule has 4 rings (SSSR count). The van der Waals surface area contributed by atoms with E-state index in [-0.39, 0.29) is 23.7 Å². The molecule has 1 aliphatic rings. The second-order valence-electron chi connectivity index (χ2n) is 8.06. The summed E-state index contributed by atoms with van der Waals surface area (Å²) in [6.45, 7) is 3.33. The monoisotopic (exact) mass is 465 g/mol. The number of rotatable bonds is 7. The lowest BCUT2D eigenvalue weighted by molar-refractivity contribution is -0.120. The summed E-state index contributed by atoms with van der Waals surface area (Å²) in [5.74, 6) is -0.586. The molecule has 1 aliphatic heterocycles. The number of hydrogen-bond acceptors (Lipinski definition) is 7. The van der Waals surface area contributed by atoms with Gasteiger partial charge in [-0.15, -0.1) is 16.9 Å². The van der Waals surface area contributed by atoms with Gasteiger partial charge in [0.2, 0.25) is 5.91 Å². The second-order valence-corrected chi connectivity index (χ2v) is 8.94. The molecule has 2 atom stereocenters. The van der Waals surface area contributed by atoms with Crippen molar-refractivity contribution in [2.45, 2.75) is 36.9 Å². The lowest BCUT2D eigenvalue weighted by atomic mass is 10.1. The third-order valence-electron chi connectivity index (χ3n) is 5.93. The standard InChI is InChI=1S/C24H27N5O3S/c1-16-7-4-5-8-17(16)13-28-14-19(29-15-21(26-27-29)24(31)32-2)12-22(28)23(30)25-18-9-6-10-20(11-18)33-3/h4-11,15,19,22H,12-14H2,1-3H3,(H,25,30)/t19-,22+/m1/s1. The van der Waals surface area contributed by atoms with Crippen molar-refractivity contribution in [1.29, 1.82) is 0 Å². The number of carbonyl (C=O) groups excluding carboxylic acids is 2. The van der Waals surface area contributed by atoms with E-state index in [9.17, 15) is 9.59 Å². The van der Waals surface area contributed by atoms with E-state index in [1.54, 1.807) is 22.6 Å². The van der Waals surface area contributed by atoms with Gasteiger partial charge in [-0.05, 0) is 48.9 Å². The fourth-order valence-electron chi connectivity index (χ4n) is 4.10. The van der Waals surface area contributed by atoms with Crippen LogP contribution in [-0.4, -0.2) is 57.7 Å². The van der Waals surface area contributed by atoms with Gasteiger partial charge in [0.05, 0.1) is 25.4 Å². The quantitative estimate of drug-likeness (QED) is 0.422. The molecule has 8 nitrogen and oxygen atoms in total. The number of amides is 1. The topological polar surface area (TPSA) is 89.4 Å². The molecule has 1 aromatic heterocycles. The number of anilines is 1. The summed E-state index contributed by atoms with van der Waals surface area (Å²) in [6.07, 6.45) is 4.15. The first-order chi connectivity index (χ1) is 16.0. The highest BCUT2D eigenvalue weighted by Gasteiger charge is 2.38. The Hall–Kier alpha value is -3.17. The molecule has 2 aromatic carbocycles. The highest BCUT2D eigenvalue weighted by atomic mass is 32.2. The Kier molecular flexibility index (Phi) is 7.10. The average molecular weight is 466 g/mol. The van der Waals surface area contributed by atoms with Crippen molar-refractivity contribution in [3.63, 3.8) is 0 Å². The summed E-state index contributed by atoms with van der Waals surface area (Å²) >= 11 is 1.63. The molecule has 0 saturated carbocycles. The van der Waals surface area contributed by atoms with Crippen molar-refractivity contribution in [2.24, 2.45) is 0 Å². The third-order valence-corrected chi connectivity index (χ3v) is 6.66. The minimum Gasteiger partial charge on any atom is -0.464 e. The van der Waals surface area contributed by atoms with Crippen LogP contribution in [0.1, 0.15) is 34.1 Å². The number of nitrogens with one attached hydrogen (secondary N) is 1. The van der Waals surface area contributed by atoms with Crippen LogP contribution in [0.25, 0.3) is 0 Å². The van der Waals surface area contributed by atoms with E-state index in [0.29, 0.717) is 19.5 Å². The van der Waals surface area contributed by atoms with Crippen molar-refractivity contribution in [1.82, 2.24) is 19.9 Å². The Bertz CT molecular complexity index is 1150. The smallest absolute Gasteiger partial charge is 0.360 e. The largest absolute Gasteiger partial charge is 0.464 e. The van der Waals surface area contributed by atoms with Gasteiger partial charge in [0.25, 0.3) is 0 Å². The molecule has 33 heavy (non-hydrogen) atoms. The van der Waals surface area contributed by atoms with Gasteiger partial charge in [0.1, 0.15) is 0 Å². The van der Waals surface area contributed by atoms with Crippen LogP contribution in [0.2, 0.25) is 0 Å². The summed E-state index contributed by atoms with van der Waals surface area (Å²) in [6, 6.07) is 15.6. The number of aryl methyl sites for hydroxylation is 1. The number of hydrogen-bond donors (Lipinski definition) is 1. The zero-order valence-corrected chi connectivity index (χ0v) is 19.7.